The Labute approximate surface area is 121 Å². The van der Waals surface area contributed by atoms with Crippen LogP contribution in [0.2, 0.25) is 0 Å². The molecule has 2 rings (SSSR count). The third-order valence-corrected chi connectivity index (χ3v) is 3.32. The van der Waals surface area contributed by atoms with Crippen LogP contribution >= 0.6 is 15.9 Å². The molecule has 19 heavy (non-hydrogen) atoms. The molecule has 1 unspecified atom stereocenters. The summed E-state index contributed by atoms with van der Waals surface area (Å²) < 4.78 is 6.33. The highest BCUT2D eigenvalue weighted by Crippen LogP contribution is 2.22. The fourth-order valence-corrected chi connectivity index (χ4v) is 2.42. The van der Waals surface area contributed by atoms with E-state index in [1.165, 1.54) is 0 Å². The van der Waals surface area contributed by atoms with E-state index in [9.17, 15) is 4.79 Å². The summed E-state index contributed by atoms with van der Waals surface area (Å²) in [5.74, 6) is -0.00493. The zero-order chi connectivity index (χ0) is 13.8. The van der Waals surface area contributed by atoms with Crippen LogP contribution in [0.5, 0.6) is 0 Å². The van der Waals surface area contributed by atoms with E-state index in [0.29, 0.717) is 19.8 Å². The highest BCUT2D eigenvalue weighted by atomic mass is 79.9. The highest BCUT2D eigenvalue weighted by Gasteiger charge is 2.30. The summed E-state index contributed by atoms with van der Waals surface area (Å²) in [5, 5.41) is 2.93. The Morgan fingerprint density at radius 1 is 1.58 bits per heavy atom. The number of halogens is 1. The number of carbonyl (C=O) groups is 1. The molecule has 1 amide bonds. The van der Waals surface area contributed by atoms with Crippen LogP contribution in [0.25, 0.3) is 0 Å². The maximum atomic E-state index is 12.2. The molecule has 5 nitrogen and oxygen atoms in total. The first-order valence-corrected chi connectivity index (χ1v) is 7.12. The van der Waals surface area contributed by atoms with Crippen LogP contribution < -0.4 is 10.2 Å². The van der Waals surface area contributed by atoms with Gasteiger partial charge in [0.15, 0.2) is 0 Å². The van der Waals surface area contributed by atoms with E-state index in [1.54, 1.807) is 12.4 Å². The molecule has 1 aromatic rings. The number of aromatic nitrogens is 1. The fraction of sp³-hybridized carbons (Fsp3) is 0.538. The van der Waals surface area contributed by atoms with Gasteiger partial charge in [-0.1, -0.05) is 0 Å². The second-order valence-electron chi connectivity index (χ2n) is 4.81. The molecule has 2 heterocycles. The van der Waals surface area contributed by atoms with Crippen molar-refractivity contribution < 1.29 is 9.53 Å². The van der Waals surface area contributed by atoms with Gasteiger partial charge in [-0.25, -0.2) is 0 Å². The molecule has 6 heteroatoms. The number of hydrogen-bond donors (Lipinski definition) is 1. The Kier molecular flexibility index (Phi) is 4.76. The molecule has 1 aliphatic rings. The second-order valence-corrected chi connectivity index (χ2v) is 5.72. The van der Waals surface area contributed by atoms with Crippen molar-refractivity contribution in [3.63, 3.8) is 0 Å². The van der Waals surface area contributed by atoms with Crippen molar-refractivity contribution in [1.82, 2.24) is 10.3 Å². The number of rotatable bonds is 3. The largest absolute Gasteiger partial charge is 0.377 e. The number of hydrogen-bond acceptors (Lipinski definition) is 4. The Bertz CT molecular complexity index is 453. The van der Waals surface area contributed by atoms with Crippen molar-refractivity contribution in [2.75, 3.05) is 24.7 Å². The first-order valence-electron chi connectivity index (χ1n) is 6.33. The van der Waals surface area contributed by atoms with Crippen LogP contribution in [0.15, 0.2) is 22.9 Å². The van der Waals surface area contributed by atoms with Gasteiger partial charge in [0, 0.05) is 23.3 Å². The number of carbonyl (C=O) groups excluding carboxylic acids is 1. The van der Waals surface area contributed by atoms with Gasteiger partial charge < -0.3 is 15.0 Å². The molecular formula is C13H18BrN3O2. The lowest BCUT2D eigenvalue weighted by atomic mass is 10.2. The monoisotopic (exact) mass is 327 g/mol. The van der Waals surface area contributed by atoms with Crippen molar-refractivity contribution in [3.8, 4) is 0 Å². The second kappa shape index (κ2) is 6.34. The predicted molar refractivity (Wildman–Crippen MR) is 77.2 cm³/mol. The average Bonchev–Trinajstić information content (AvgIpc) is 2.38. The maximum absolute atomic E-state index is 12.2. The number of nitrogens with one attached hydrogen (secondary N) is 1. The number of nitrogens with zero attached hydrogens (tertiary/aromatic N) is 2. The van der Waals surface area contributed by atoms with Crippen molar-refractivity contribution in [3.05, 3.63) is 22.9 Å². The summed E-state index contributed by atoms with van der Waals surface area (Å²) in [6.07, 6.45) is 3.50. The molecule has 0 radical (unpaired) electrons. The van der Waals surface area contributed by atoms with Crippen LogP contribution in [0, 0.1) is 0 Å². The minimum absolute atomic E-state index is 0.00493. The van der Waals surface area contributed by atoms with Gasteiger partial charge in [0.05, 0.1) is 25.1 Å². The van der Waals surface area contributed by atoms with Gasteiger partial charge in [0.1, 0.15) is 6.04 Å². The van der Waals surface area contributed by atoms with Gasteiger partial charge in [-0.05, 0) is 35.8 Å². The predicted octanol–water partition coefficient (Wildman–Crippen LogP) is 1.57. The summed E-state index contributed by atoms with van der Waals surface area (Å²) >= 11 is 3.41. The number of ether oxygens (including phenoxy) is 1. The lowest BCUT2D eigenvalue weighted by molar-refractivity contribution is -0.125. The minimum Gasteiger partial charge on any atom is -0.377 e. The van der Waals surface area contributed by atoms with Crippen LogP contribution in [0.4, 0.5) is 5.69 Å². The van der Waals surface area contributed by atoms with E-state index < -0.39 is 0 Å². The van der Waals surface area contributed by atoms with E-state index in [1.807, 2.05) is 24.8 Å². The van der Waals surface area contributed by atoms with E-state index >= 15 is 0 Å². The lowest BCUT2D eigenvalue weighted by Crippen LogP contribution is -2.55. The average molecular weight is 328 g/mol. The molecule has 1 atom stereocenters. The number of pyridine rings is 1. The van der Waals surface area contributed by atoms with Gasteiger partial charge in [0.2, 0.25) is 5.91 Å². The zero-order valence-corrected chi connectivity index (χ0v) is 12.7. The molecule has 1 saturated heterocycles. The molecule has 0 spiro atoms. The van der Waals surface area contributed by atoms with E-state index in [0.717, 1.165) is 10.2 Å². The zero-order valence-electron chi connectivity index (χ0n) is 11.1. The first-order chi connectivity index (χ1) is 9.08. The van der Waals surface area contributed by atoms with Gasteiger partial charge in [-0.2, -0.15) is 0 Å². The Morgan fingerprint density at radius 3 is 3.05 bits per heavy atom. The molecule has 1 N–H and O–H groups in total. The van der Waals surface area contributed by atoms with Crippen molar-refractivity contribution >= 4 is 27.5 Å². The first kappa shape index (κ1) is 14.3. The van der Waals surface area contributed by atoms with Crippen molar-refractivity contribution in [1.29, 1.82) is 0 Å². The van der Waals surface area contributed by atoms with Crippen LogP contribution in [-0.4, -0.2) is 42.7 Å². The Hall–Kier alpha value is -1.14. The normalized spacial score (nSPS) is 19.6. The van der Waals surface area contributed by atoms with Crippen LogP contribution in [0.3, 0.4) is 0 Å². The molecule has 0 saturated carbocycles. The number of amides is 1. The topological polar surface area (TPSA) is 54.5 Å². The summed E-state index contributed by atoms with van der Waals surface area (Å²) in [4.78, 5) is 18.4. The highest BCUT2D eigenvalue weighted by molar-refractivity contribution is 9.10. The van der Waals surface area contributed by atoms with Gasteiger partial charge in [-0.3, -0.25) is 9.78 Å². The quantitative estimate of drug-likeness (QED) is 0.915. The van der Waals surface area contributed by atoms with Gasteiger partial charge >= 0.3 is 0 Å². The van der Waals surface area contributed by atoms with Gasteiger partial charge in [-0.15, -0.1) is 0 Å². The molecular weight excluding hydrogens is 310 g/mol. The third-order valence-electron chi connectivity index (χ3n) is 2.88. The summed E-state index contributed by atoms with van der Waals surface area (Å²) in [6, 6.07) is 1.79. The Balaban J connectivity index is 2.18. The molecule has 0 aromatic carbocycles. The molecule has 0 bridgehead atoms. The third kappa shape index (κ3) is 3.67. The van der Waals surface area contributed by atoms with Crippen molar-refractivity contribution in [2.45, 2.75) is 25.9 Å². The van der Waals surface area contributed by atoms with E-state index in [2.05, 4.69) is 26.2 Å². The molecule has 1 aromatic heterocycles. The van der Waals surface area contributed by atoms with Crippen LogP contribution in [-0.2, 0) is 9.53 Å². The van der Waals surface area contributed by atoms with E-state index in [4.69, 9.17) is 4.74 Å². The molecule has 104 valence electrons. The Morgan fingerprint density at radius 2 is 2.37 bits per heavy atom. The SMILES string of the molecule is CC(C)NC(=O)C1COCCN1c1cncc(Br)c1. The van der Waals surface area contributed by atoms with Crippen molar-refractivity contribution in [2.24, 2.45) is 0 Å². The maximum Gasteiger partial charge on any atom is 0.245 e. The summed E-state index contributed by atoms with van der Waals surface area (Å²) in [7, 11) is 0. The lowest BCUT2D eigenvalue weighted by Gasteiger charge is -2.36. The standard InChI is InChI=1S/C13H18BrN3O2/c1-9(2)16-13(18)12-8-19-4-3-17(12)11-5-10(14)6-15-7-11/h5-7,9,12H,3-4,8H2,1-2H3,(H,16,18). The molecule has 0 aliphatic carbocycles. The fourth-order valence-electron chi connectivity index (χ4n) is 2.07. The van der Waals surface area contributed by atoms with Crippen LogP contribution in [0.1, 0.15) is 13.8 Å². The van der Waals surface area contributed by atoms with E-state index in [-0.39, 0.29) is 18.0 Å². The number of anilines is 1. The number of morpholine rings is 1. The summed E-state index contributed by atoms with van der Waals surface area (Å²) in [5.41, 5.74) is 0.932. The smallest absolute Gasteiger partial charge is 0.245 e. The minimum atomic E-state index is -0.299. The molecule has 1 aliphatic heterocycles. The summed E-state index contributed by atoms with van der Waals surface area (Å²) in [6.45, 7) is 5.62. The van der Waals surface area contributed by atoms with Gasteiger partial charge in [0.25, 0.3) is 0 Å². The molecule has 1 fully saturated rings.